The van der Waals surface area contributed by atoms with Gasteiger partial charge in [0.25, 0.3) is 0 Å². The first-order chi connectivity index (χ1) is 17.9. The number of aromatic nitrogens is 4. The van der Waals surface area contributed by atoms with Gasteiger partial charge in [0, 0.05) is 35.3 Å². The Morgan fingerprint density at radius 3 is 2.84 bits per heavy atom. The molecule has 2 N–H and O–H groups in total. The van der Waals surface area contributed by atoms with Crippen molar-refractivity contribution in [2.75, 3.05) is 18.4 Å². The molecule has 4 aromatic rings. The first-order valence-electron chi connectivity index (χ1n) is 13.0. The van der Waals surface area contributed by atoms with E-state index in [2.05, 4.69) is 25.5 Å². The quantitative estimate of drug-likeness (QED) is 0.388. The topological polar surface area (TPSA) is 105 Å². The molecule has 3 atom stereocenters. The molecule has 4 heterocycles. The number of benzene rings is 1. The van der Waals surface area contributed by atoms with Gasteiger partial charge in [0.1, 0.15) is 22.7 Å². The predicted molar refractivity (Wildman–Crippen MR) is 145 cm³/mol. The van der Waals surface area contributed by atoms with Crippen LogP contribution < -0.4 is 10.1 Å². The highest BCUT2D eigenvalue weighted by atomic mass is 32.1. The Hall–Kier alpha value is -3.24. The van der Waals surface area contributed by atoms with Gasteiger partial charge in [-0.1, -0.05) is 0 Å². The van der Waals surface area contributed by atoms with E-state index < -0.39 is 0 Å². The smallest absolute Gasteiger partial charge is 0.226 e. The molecule has 1 saturated heterocycles. The lowest BCUT2D eigenvalue weighted by Crippen LogP contribution is -2.50. The number of hydrogen-bond donors (Lipinski definition) is 2. The second kappa shape index (κ2) is 9.57. The van der Waals surface area contributed by atoms with Crippen molar-refractivity contribution in [1.82, 2.24) is 25.1 Å². The summed E-state index contributed by atoms with van der Waals surface area (Å²) >= 11 is 1.68. The molecule has 6 rings (SSSR count). The Morgan fingerprint density at radius 2 is 2.05 bits per heavy atom. The Balaban J connectivity index is 1.30. The lowest BCUT2D eigenvalue weighted by Gasteiger charge is -2.37. The molecule has 1 amide bonds. The van der Waals surface area contributed by atoms with E-state index >= 15 is 0 Å². The fourth-order valence-electron chi connectivity index (χ4n) is 5.58. The largest absolute Gasteiger partial charge is 0.489 e. The Labute approximate surface area is 219 Å². The summed E-state index contributed by atoms with van der Waals surface area (Å²) < 4.78 is 11.9. The third kappa shape index (κ3) is 4.64. The van der Waals surface area contributed by atoms with Gasteiger partial charge in [-0.2, -0.15) is 5.10 Å². The van der Waals surface area contributed by atoms with Gasteiger partial charge in [-0.05, 0) is 58.6 Å². The second-order valence-electron chi connectivity index (χ2n) is 10.4. The third-order valence-electron chi connectivity index (χ3n) is 7.08. The fraction of sp³-hybridized carbons (Fsp3) is 0.481. The van der Waals surface area contributed by atoms with Crippen molar-refractivity contribution >= 4 is 49.9 Å². The van der Waals surface area contributed by atoms with Crippen LogP contribution in [0.15, 0.2) is 24.7 Å². The van der Waals surface area contributed by atoms with Crippen molar-refractivity contribution in [3.63, 3.8) is 0 Å². The van der Waals surface area contributed by atoms with Gasteiger partial charge in [-0.25, -0.2) is 9.97 Å². The predicted octanol–water partition coefficient (Wildman–Crippen LogP) is 4.84. The van der Waals surface area contributed by atoms with Crippen molar-refractivity contribution in [1.29, 1.82) is 0 Å². The van der Waals surface area contributed by atoms with Crippen molar-refractivity contribution < 1.29 is 14.3 Å². The summed E-state index contributed by atoms with van der Waals surface area (Å²) in [5.74, 6) is 1.75. The minimum absolute atomic E-state index is 0.00280. The number of nitrogens with one attached hydrogen (secondary N) is 2. The van der Waals surface area contributed by atoms with Gasteiger partial charge in [0.2, 0.25) is 5.91 Å². The molecule has 0 spiro atoms. The number of anilines is 2. The van der Waals surface area contributed by atoms with Crippen LogP contribution in [0.4, 0.5) is 11.5 Å². The minimum atomic E-state index is -0.00280. The van der Waals surface area contributed by atoms with Gasteiger partial charge in [-0.15, -0.1) is 11.3 Å². The summed E-state index contributed by atoms with van der Waals surface area (Å²) in [6, 6.07) is 4.00. The number of nitrogens with zero attached hydrogens (tertiary/aromatic N) is 4. The van der Waals surface area contributed by atoms with Gasteiger partial charge in [-0.3, -0.25) is 9.89 Å². The minimum Gasteiger partial charge on any atom is -0.489 e. The van der Waals surface area contributed by atoms with E-state index in [0.29, 0.717) is 13.1 Å². The van der Waals surface area contributed by atoms with Crippen LogP contribution in [0, 0.1) is 5.92 Å². The van der Waals surface area contributed by atoms with Gasteiger partial charge in [0.15, 0.2) is 0 Å². The van der Waals surface area contributed by atoms with E-state index in [0.717, 1.165) is 57.6 Å². The zero-order valence-electron chi connectivity index (χ0n) is 21.6. The maximum Gasteiger partial charge on any atom is 0.226 e. The molecule has 1 fully saturated rings. The highest BCUT2D eigenvalue weighted by Crippen LogP contribution is 2.42. The molecule has 37 heavy (non-hydrogen) atoms. The molecule has 0 saturated carbocycles. The molecule has 9 nitrogen and oxygen atoms in total. The number of thiophene rings is 1. The van der Waals surface area contributed by atoms with Crippen molar-refractivity contribution in [3.8, 4) is 5.75 Å². The number of morpholine rings is 1. The molecule has 1 aromatic carbocycles. The Morgan fingerprint density at radius 1 is 1.24 bits per heavy atom. The normalized spacial score (nSPS) is 22.0. The van der Waals surface area contributed by atoms with Crippen LogP contribution >= 0.6 is 11.3 Å². The number of aromatic amines is 1. The molecule has 2 aliphatic rings. The average Bonchev–Trinajstić information content (AvgIpc) is 3.46. The molecule has 1 aliphatic carbocycles. The number of amides is 1. The van der Waals surface area contributed by atoms with Crippen molar-refractivity contribution in [2.45, 2.75) is 65.3 Å². The number of H-pyrrole nitrogens is 1. The summed E-state index contributed by atoms with van der Waals surface area (Å²) in [4.78, 5) is 26.8. The first kappa shape index (κ1) is 24.1. The van der Waals surface area contributed by atoms with E-state index in [1.807, 2.05) is 44.7 Å². The number of rotatable bonds is 5. The van der Waals surface area contributed by atoms with Crippen LogP contribution in [0.5, 0.6) is 5.75 Å². The van der Waals surface area contributed by atoms with E-state index in [1.54, 1.807) is 23.9 Å². The molecule has 1 aliphatic heterocycles. The van der Waals surface area contributed by atoms with E-state index in [4.69, 9.17) is 9.47 Å². The number of carbonyl (C=O) groups is 1. The molecule has 194 valence electrons. The SMILES string of the molecule is CC(C)Oc1cc2[nH]ncc2cc1Nc1ncnc2sc3c(c12)CC[C@H](C(=O)N1C[C@@H](C)O[C@@H](C)C1)C3. The summed E-state index contributed by atoms with van der Waals surface area (Å²) in [6.45, 7) is 9.43. The van der Waals surface area contributed by atoms with Gasteiger partial charge < -0.3 is 19.7 Å². The fourth-order valence-corrected chi connectivity index (χ4v) is 6.85. The zero-order valence-corrected chi connectivity index (χ0v) is 22.4. The van der Waals surface area contributed by atoms with Crippen LogP contribution in [0.2, 0.25) is 0 Å². The third-order valence-corrected chi connectivity index (χ3v) is 8.24. The van der Waals surface area contributed by atoms with Gasteiger partial charge >= 0.3 is 0 Å². The molecule has 3 aromatic heterocycles. The van der Waals surface area contributed by atoms with Crippen LogP contribution in [0.25, 0.3) is 21.1 Å². The Kier molecular flexibility index (Phi) is 6.24. The van der Waals surface area contributed by atoms with Crippen LogP contribution in [-0.4, -0.2) is 62.4 Å². The summed E-state index contributed by atoms with van der Waals surface area (Å²) in [7, 11) is 0. The number of fused-ring (bicyclic) bond motifs is 4. The zero-order chi connectivity index (χ0) is 25.7. The van der Waals surface area contributed by atoms with Crippen LogP contribution in [0.1, 0.15) is 44.6 Å². The average molecular weight is 521 g/mol. The molecular formula is C27H32N6O3S. The van der Waals surface area contributed by atoms with E-state index in [1.165, 1.54) is 10.4 Å². The molecular weight excluding hydrogens is 488 g/mol. The Bertz CT molecular complexity index is 1450. The second-order valence-corrected chi connectivity index (χ2v) is 11.5. The molecule has 0 unspecified atom stereocenters. The van der Waals surface area contributed by atoms with Crippen molar-refractivity contribution in [3.05, 3.63) is 35.1 Å². The molecule has 0 radical (unpaired) electrons. The lowest BCUT2D eigenvalue weighted by atomic mass is 9.86. The number of hydrogen-bond acceptors (Lipinski definition) is 8. The monoisotopic (exact) mass is 520 g/mol. The standard InChI is InChI=1S/C27H32N6O3S/c1-14(2)35-22-9-20-18(10-30-32-20)7-21(22)31-25-24-19-6-5-17(8-23(19)37-26(24)29-13-28-25)27(34)33-11-15(3)36-16(4)12-33/h7,9-10,13-17H,5-6,8,11-12H2,1-4H3,(H,30,32)(H,28,29,31)/t15-,16+,17-/m0/s1. The van der Waals surface area contributed by atoms with Crippen molar-refractivity contribution in [2.24, 2.45) is 5.92 Å². The summed E-state index contributed by atoms with van der Waals surface area (Å²) in [5.41, 5.74) is 3.01. The number of carbonyl (C=O) groups excluding carboxylic acids is 1. The summed E-state index contributed by atoms with van der Waals surface area (Å²) in [5, 5.41) is 12.7. The highest BCUT2D eigenvalue weighted by Gasteiger charge is 2.34. The highest BCUT2D eigenvalue weighted by molar-refractivity contribution is 7.19. The van der Waals surface area contributed by atoms with E-state index in [-0.39, 0.29) is 30.1 Å². The van der Waals surface area contributed by atoms with Crippen LogP contribution in [0.3, 0.4) is 0 Å². The molecule has 10 heteroatoms. The molecule has 0 bridgehead atoms. The lowest BCUT2D eigenvalue weighted by molar-refractivity contribution is -0.147. The van der Waals surface area contributed by atoms with Crippen LogP contribution in [-0.2, 0) is 22.4 Å². The maximum absolute atomic E-state index is 13.4. The number of aryl methyl sites for hydroxylation is 1. The number of ether oxygens (including phenoxy) is 2. The first-order valence-corrected chi connectivity index (χ1v) is 13.8. The maximum atomic E-state index is 13.4. The summed E-state index contributed by atoms with van der Waals surface area (Å²) in [6.07, 6.45) is 5.98. The van der Waals surface area contributed by atoms with E-state index in [9.17, 15) is 4.79 Å². The van der Waals surface area contributed by atoms with Gasteiger partial charge in [0.05, 0.1) is 41.1 Å².